The molecule has 0 aliphatic carbocycles. The SMILES string of the molecule is CC(=O)N[C@H](C(=O)N[C@@H](CC/C=N/C(N)=O)C(=O)Nc1ccc(COC(C)=O)cc1)C(C)C. The number of nitrogens with two attached hydrogens (primary N) is 1. The molecule has 1 aromatic carbocycles. The quantitative estimate of drug-likeness (QED) is 0.286. The molecule has 0 aliphatic heterocycles. The van der Waals surface area contributed by atoms with Crippen molar-refractivity contribution in [2.45, 2.75) is 59.2 Å². The number of anilines is 1. The molecule has 11 nitrogen and oxygen atoms in total. The third-order valence-corrected chi connectivity index (χ3v) is 4.41. The van der Waals surface area contributed by atoms with Crippen molar-refractivity contribution in [1.82, 2.24) is 10.6 Å². The molecule has 0 bridgehead atoms. The first-order valence-electron chi connectivity index (χ1n) is 10.4. The van der Waals surface area contributed by atoms with E-state index in [0.717, 1.165) is 5.56 Å². The van der Waals surface area contributed by atoms with E-state index in [2.05, 4.69) is 20.9 Å². The van der Waals surface area contributed by atoms with Crippen molar-refractivity contribution in [1.29, 1.82) is 0 Å². The Bertz CT molecular complexity index is 882. The van der Waals surface area contributed by atoms with Gasteiger partial charge in [-0.1, -0.05) is 26.0 Å². The lowest BCUT2D eigenvalue weighted by molar-refractivity contribution is -0.142. The molecule has 0 spiro atoms. The third-order valence-electron chi connectivity index (χ3n) is 4.41. The number of ether oxygens (including phenoxy) is 1. The van der Waals surface area contributed by atoms with E-state index in [1.165, 1.54) is 20.1 Å². The number of hydrogen-bond acceptors (Lipinski definition) is 6. The second-order valence-electron chi connectivity index (χ2n) is 7.68. The van der Waals surface area contributed by atoms with Crippen molar-refractivity contribution in [2.24, 2.45) is 16.6 Å². The predicted octanol–water partition coefficient (Wildman–Crippen LogP) is 1.26. The summed E-state index contributed by atoms with van der Waals surface area (Å²) in [4.78, 5) is 62.2. The van der Waals surface area contributed by atoms with Crippen LogP contribution in [0.25, 0.3) is 0 Å². The van der Waals surface area contributed by atoms with Gasteiger partial charge in [0.25, 0.3) is 0 Å². The molecule has 5 amide bonds. The Morgan fingerprint density at radius 2 is 1.67 bits per heavy atom. The minimum absolute atomic E-state index is 0.112. The van der Waals surface area contributed by atoms with E-state index in [1.54, 1.807) is 38.1 Å². The second-order valence-corrected chi connectivity index (χ2v) is 7.68. The highest BCUT2D eigenvalue weighted by molar-refractivity contribution is 5.98. The van der Waals surface area contributed by atoms with Crippen molar-refractivity contribution in [3.05, 3.63) is 29.8 Å². The third kappa shape index (κ3) is 10.9. The second kappa shape index (κ2) is 13.6. The maximum absolute atomic E-state index is 12.9. The minimum atomic E-state index is -0.965. The Morgan fingerprint density at radius 3 is 2.18 bits per heavy atom. The van der Waals surface area contributed by atoms with Crippen molar-refractivity contribution in [2.75, 3.05) is 5.32 Å². The van der Waals surface area contributed by atoms with Gasteiger partial charge in [-0.15, -0.1) is 0 Å². The van der Waals surface area contributed by atoms with E-state index in [9.17, 15) is 24.0 Å². The van der Waals surface area contributed by atoms with Gasteiger partial charge < -0.3 is 26.4 Å². The standard InChI is InChI=1S/C22H31N5O6/c1-13(2)19(25-14(3)28)21(31)27-18(6-5-11-24-22(23)32)20(30)26-17-9-7-16(8-10-17)12-33-15(4)29/h7-11,13,18-19H,5-6,12H2,1-4H3,(H2,23,32)(H,25,28)(H,26,30)(H,27,31)/b24-11+/t18-,19-/m0/s1. The fraction of sp³-hybridized carbons (Fsp3) is 0.455. The average Bonchev–Trinajstić information content (AvgIpc) is 2.72. The van der Waals surface area contributed by atoms with Crippen LogP contribution in [-0.4, -0.2) is 48.0 Å². The fourth-order valence-corrected chi connectivity index (χ4v) is 2.78. The lowest BCUT2D eigenvalue weighted by Crippen LogP contribution is -2.54. The minimum Gasteiger partial charge on any atom is -0.461 e. The Morgan fingerprint density at radius 1 is 1.03 bits per heavy atom. The van der Waals surface area contributed by atoms with Crippen LogP contribution in [0.2, 0.25) is 0 Å². The van der Waals surface area contributed by atoms with E-state index < -0.39 is 35.9 Å². The van der Waals surface area contributed by atoms with E-state index in [4.69, 9.17) is 10.5 Å². The van der Waals surface area contributed by atoms with E-state index in [1.807, 2.05) is 0 Å². The van der Waals surface area contributed by atoms with Crippen LogP contribution in [0, 0.1) is 5.92 Å². The van der Waals surface area contributed by atoms with Crippen LogP contribution in [-0.2, 0) is 30.5 Å². The van der Waals surface area contributed by atoms with E-state index in [-0.39, 0.29) is 31.3 Å². The lowest BCUT2D eigenvalue weighted by Gasteiger charge is -2.24. The first kappa shape index (κ1) is 27.3. The molecule has 2 atom stereocenters. The molecule has 33 heavy (non-hydrogen) atoms. The molecule has 0 radical (unpaired) electrons. The smallest absolute Gasteiger partial charge is 0.337 e. The van der Waals surface area contributed by atoms with Crippen molar-refractivity contribution < 1.29 is 28.7 Å². The number of carbonyl (C=O) groups is 5. The van der Waals surface area contributed by atoms with Gasteiger partial charge in [-0.3, -0.25) is 19.2 Å². The summed E-state index contributed by atoms with van der Waals surface area (Å²) in [5, 5.41) is 7.94. The van der Waals surface area contributed by atoms with Crippen LogP contribution in [0.15, 0.2) is 29.3 Å². The zero-order valence-electron chi connectivity index (χ0n) is 19.2. The molecule has 5 N–H and O–H groups in total. The molecular formula is C22H31N5O6. The van der Waals surface area contributed by atoms with Gasteiger partial charge in [-0.05, 0) is 36.5 Å². The zero-order chi connectivity index (χ0) is 25.0. The number of benzene rings is 1. The van der Waals surface area contributed by atoms with Gasteiger partial charge in [-0.2, -0.15) is 0 Å². The number of esters is 1. The summed E-state index contributed by atoms with van der Waals surface area (Å²) >= 11 is 0. The fourth-order valence-electron chi connectivity index (χ4n) is 2.78. The molecule has 1 rings (SSSR count). The Labute approximate surface area is 192 Å². The van der Waals surface area contributed by atoms with E-state index >= 15 is 0 Å². The van der Waals surface area contributed by atoms with Crippen LogP contribution in [0.3, 0.4) is 0 Å². The van der Waals surface area contributed by atoms with Gasteiger partial charge >= 0.3 is 12.0 Å². The maximum Gasteiger partial charge on any atom is 0.337 e. The summed E-state index contributed by atoms with van der Waals surface area (Å²) in [6, 6.07) is 4.01. The zero-order valence-corrected chi connectivity index (χ0v) is 19.2. The summed E-state index contributed by atoms with van der Waals surface area (Å²) in [7, 11) is 0. The topological polar surface area (TPSA) is 169 Å². The van der Waals surface area contributed by atoms with Crippen molar-refractivity contribution >= 4 is 41.6 Å². The summed E-state index contributed by atoms with van der Waals surface area (Å²) in [5.41, 5.74) is 6.18. The first-order valence-corrected chi connectivity index (χ1v) is 10.4. The van der Waals surface area contributed by atoms with Crippen LogP contribution in [0.1, 0.15) is 46.1 Å². The van der Waals surface area contributed by atoms with Gasteiger partial charge in [0.2, 0.25) is 17.7 Å². The number of primary amides is 1. The predicted molar refractivity (Wildman–Crippen MR) is 122 cm³/mol. The van der Waals surface area contributed by atoms with Gasteiger partial charge in [0.1, 0.15) is 18.7 Å². The summed E-state index contributed by atoms with van der Waals surface area (Å²) in [6.07, 6.45) is 1.62. The molecule has 0 heterocycles. The summed E-state index contributed by atoms with van der Waals surface area (Å²) < 4.78 is 4.92. The van der Waals surface area contributed by atoms with Crippen LogP contribution >= 0.6 is 0 Å². The number of amides is 5. The summed E-state index contributed by atoms with van der Waals surface area (Å²) in [5.74, 6) is -1.98. The van der Waals surface area contributed by atoms with Crippen molar-refractivity contribution in [3.63, 3.8) is 0 Å². The Kier molecular flexibility index (Phi) is 11.2. The average molecular weight is 462 g/mol. The van der Waals surface area contributed by atoms with Gasteiger partial charge in [-0.25, -0.2) is 9.79 Å². The monoisotopic (exact) mass is 461 g/mol. The highest BCUT2D eigenvalue weighted by atomic mass is 16.5. The molecule has 180 valence electrons. The lowest BCUT2D eigenvalue weighted by atomic mass is 10.0. The van der Waals surface area contributed by atoms with Crippen LogP contribution < -0.4 is 21.7 Å². The van der Waals surface area contributed by atoms with Crippen LogP contribution in [0.5, 0.6) is 0 Å². The number of carbonyl (C=O) groups excluding carboxylic acids is 5. The number of nitrogens with zero attached hydrogens (tertiary/aromatic N) is 1. The molecular weight excluding hydrogens is 430 g/mol. The number of aliphatic imine (C=N–C) groups is 1. The van der Waals surface area contributed by atoms with Gasteiger partial charge in [0.15, 0.2) is 0 Å². The largest absolute Gasteiger partial charge is 0.461 e. The molecule has 0 fully saturated rings. The molecule has 1 aromatic rings. The first-order chi connectivity index (χ1) is 15.5. The number of hydrogen-bond donors (Lipinski definition) is 4. The van der Waals surface area contributed by atoms with Crippen LogP contribution in [0.4, 0.5) is 10.5 Å². The molecule has 0 saturated heterocycles. The van der Waals surface area contributed by atoms with Gasteiger partial charge in [0, 0.05) is 25.7 Å². The van der Waals surface area contributed by atoms with Crippen molar-refractivity contribution in [3.8, 4) is 0 Å². The number of nitrogens with one attached hydrogen (secondary N) is 3. The summed E-state index contributed by atoms with van der Waals surface area (Å²) in [6.45, 7) is 6.27. The Hall–Kier alpha value is -3.76. The molecule has 0 saturated carbocycles. The van der Waals surface area contributed by atoms with Gasteiger partial charge in [0.05, 0.1) is 0 Å². The highest BCUT2D eigenvalue weighted by Gasteiger charge is 2.28. The molecule has 11 heteroatoms. The highest BCUT2D eigenvalue weighted by Crippen LogP contribution is 2.12. The normalized spacial score (nSPS) is 12.6. The maximum atomic E-state index is 12.9. The molecule has 0 aromatic heterocycles. The molecule has 0 aliphatic rings. The Balaban J connectivity index is 2.91. The molecule has 0 unspecified atom stereocenters. The van der Waals surface area contributed by atoms with E-state index in [0.29, 0.717) is 5.69 Å². The number of urea groups is 1. The number of rotatable bonds is 11.